The number of ether oxygens (including phenoxy) is 1. The highest BCUT2D eigenvalue weighted by atomic mass is 16.6. The smallest absolute Gasteiger partial charge is 0.337 e. The first-order valence-corrected chi connectivity index (χ1v) is 6.64. The molecule has 2 rings (SSSR count). The number of carbonyl (C=O) groups is 1. The lowest BCUT2D eigenvalue weighted by Crippen LogP contribution is -2.29. The molecule has 1 fully saturated rings. The Morgan fingerprint density at radius 3 is 2.60 bits per heavy atom. The predicted molar refractivity (Wildman–Crippen MR) is 75.1 cm³/mol. The molecule has 1 aliphatic rings. The summed E-state index contributed by atoms with van der Waals surface area (Å²) in [6.45, 7) is 0. The van der Waals surface area contributed by atoms with Gasteiger partial charge < -0.3 is 9.64 Å². The molecule has 0 spiro atoms. The predicted octanol–water partition coefficient (Wildman–Crippen LogP) is 2.76. The number of nitro groups is 1. The number of hydrogen-bond donors (Lipinski definition) is 0. The molecule has 6 nitrogen and oxygen atoms in total. The van der Waals surface area contributed by atoms with Crippen LogP contribution in [-0.2, 0) is 4.74 Å². The molecule has 108 valence electrons. The van der Waals surface area contributed by atoms with Crippen molar-refractivity contribution in [3.63, 3.8) is 0 Å². The number of rotatable bonds is 4. The Bertz CT molecular complexity index is 524. The van der Waals surface area contributed by atoms with Crippen LogP contribution in [0.1, 0.15) is 36.0 Å². The van der Waals surface area contributed by atoms with Crippen LogP contribution in [0.4, 0.5) is 11.4 Å². The standard InChI is InChI=1S/C14H18N2O4/c1-15(11-5-3-4-6-11)13-9-10(14(17)20-2)7-8-12(13)16(18)19/h7-9,11H,3-6H2,1-2H3. The van der Waals surface area contributed by atoms with Gasteiger partial charge in [-0.05, 0) is 25.0 Å². The van der Waals surface area contributed by atoms with Gasteiger partial charge in [0.25, 0.3) is 5.69 Å². The molecule has 20 heavy (non-hydrogen) atoms. The van der Waals surface area contributed by atoms with Gasteiger partial charge in [-0.2, -0.15) is 0 Å². The van der Waals surface area contributed by atoms with Crippen LogP contribution in [0.3, 0.4) is 0 Å². The summed E-state index contributed by atoms with van der Waals surface area (Å²) in [6.07, 6.45) is 4.32. The average molecular weight is 278 g/mol. The Morgan fingerprint density at radius 1 is 1.40 bits per heavy atom. The molecule has 0 saturated heterocycles. The molecule has 0 amide bonds. The SMILES string of the molecule is COC(=O)c1ccc([N+](=O)[O-])c(N(C)C2CCCC2)c1. The summed E-state index contributed by atoms with van der Waals surface area (Å²) in [7, 11) is 3.14. The van der Waals surface area contributed by atoms with Gasteiger partial charge in [-0.25, -0.2) is 4.79 Å². The monoisotopic (exact) mass is 278 g/mol. The third-order valence-electron chi connectivity index (χ3n) is 3.85. The Morgan fingerprint density at radius 2 is 2.05 bits per heavy atom. The van der Waals surface area contributed by atoms with E-state index in [4.69, 9.17) is 0 Å². The molecule has 6 heteroatoms. The van der Waals surface area contributed by atoms with E-state index in [1.54, 1.807) is 6.07 Å². The second-order valence-corrected chi connectivity index (χ2v) is 5.00. The number of esters is 1. The molecule has 1 saturated carbocycles. The number of carbonyl (C=O) groups excluding carboxylic acids is 1. The average Bonchev–Trinajstić information content (AvgIpc) is 2.99. The lowest BCUT2D eigenvalue weighted by molar-refractivity contribution is -0.384. The number of anilines is 1. The van der Waals surface area contributed by atoms with E-state index in [-0.39, 0.29) is 5.69 Å². The first-order valence-electron chi connectivity index (χ1n) is 6.64. The molecule has 0 aliphatic heterocycles. The third kappa shape index (κ3) is 2.74. The van der Waals surface area contributed by atoms with E-state index in [2.05, 4.69) is 4.74 Å². The maximum absolute atomic E-state index is 11.6. The molecule has 1 aromatic rings. The van der Waals surface area contributed by atoms with E-state index in [1.165, 1.54) is 19.2 Å². The van der Waals surface area contributed by atoms with E-state index < -0.39 is 10.9 Å². The van der Waals surface area contributed by atoms with E-state index in [0.717, 1.165) is 25.7 Å². The molecule has 0 unspecified atom stereocenters. The minimum absolute atomic E-state index is 0.0204. The second-order valence-electron chi connectivity index (χ2n) is 5.00. The zero-order valence-electron chi connectivity index (χ0n) is 11.7. The van der Waals surface area contributed by atoms with Gasteiger partial charge in [0.1, 0.15) is 5.69 Å². The van der Waals surface area contributed by atoms with Crippen LogP contribution in [0.2, 0.25) is 0 Å². The zero-order valence-corrected chi connectivity index (χ0v) is 11.7. The maximum atomic E-state index is 11.6. The summed E-state index contributed by atoms with van der Waals surface area (Å²) in [5.41, 5.74) is 0.829. The summed E-state index contributed by atoms with van der Waals surface area (Å²) < 4.78 is 4.67. The largest absolute Gasteiger partial charge is 0.465 e. The normalized spacial score (nSPS) is 15.1. The van der Waals surface area contributed by atoms with Crippen LogP contribution < -0.4 is 4.90 Å². The van der Waals surface area contributed by atoms with Crippen molar-refractivity contribution in [2.24, 2.45) is 0 Å². The van der Waals surface area contributed by atoms with E-state index >= 15 is 0 Å². The van der Waals surface area contributed by atoms with Crippen molar-refractivity contribution in [1.82, 2.24) is 0 Å². The summed E-state index contributed by atoms with van der Waals surface area (Å²) >= 11 is 0. The molecule has 0 atom stereocenters. The molecule has 1 aliphatic carbocycles. The third-order valence-corrected chi connectivity index (χ3v) is 3.85. The van der Waals surface area contributed by atoms with Gasteiger partial charge in [0, 0.05) is 19.2 Å². The van der Waals surface area contributed by atoms with Gasteiger partial charge in [0.05, 0.1) is 17.6 Å². The van der Waals surface area contributed by atoms with Crippen molar-refractivity contribution >= 4 is 17.3 Å². The van der Waals surface area contributed by atoms with Crippen molar-refractivity contribution in [3.8, 4) is 0 Å². The first kappa shape index (κ1) is 14.3. The fourth-order valence-corrected chi connectivity index (χ4v) is 2.69. The fraction of sp³-hybridized carbons (Fsp3) is 0.500. The van der Waals surface area contributed by atoms with Gasteiger partial charge in [0.15, 0.2) is 0 Å². The van der Waals surface area contributed by atoms with Gasteiger partial charge in [-0.15, -0.1) is 0 Å². The molecule has 0 bridgehead atoms. The maximum Gasteiger partial charge on any atom is 0.337 e. The highest BCUT2D eigenvalue weighted by Crippen LogP contribution is 2.34. The number of nitrogens with zero attached hydrogens (tertiary/aromatic N) is 2. The van der Waals surface area contributed by atoms with Crippen LogP contribution >= 0.6 is 0 Å². The molecule has 0 heterocycles. The highest BCUT2D eigenvalue weighted by Gasteiger charge is 2.26. The van der Waals surface area contributed by atoms with Crippen LogP contribution in [0.5, 0.6) is 0 Å². The topological polar surface area (TPSA) is 72.7 Å². The minimum atomic E-state index is -0.485. The zero-order chi connectivity index (χ0) is 14.7. The van der Waals surface area contributed by atoms with Crippen LogP contribution in [0.25, 0.3) is 0 Å². The Balaban J connectivity index is 2.40. The van der Waals surface area contributed by atoms with Gasteiger partial charge in [0.2, 0.25) is 0 Å². The number of benzene rings is 1. The Hall–Kier alpha value is -2.11. The summed E-state index contributed by atoms with van der Waals surface area (Å²) in [5, 5.41) is 11.2. The quantitative estimate of drug-likeness (QED) is 0.481. The van der Waals surface area contributed by atoms with Crippen molar-refractivity contribution in [1.29, 1.82) is 0 Å². The summed E-state index contributed by atoms with van der Waals surface area (Å²) in [6, 6.07) is 4.63. The number of methoxy groups -OCH3 is 1. The Labute approximate surface area is 117 Å². The van der Waals surface area contributed by atoms with E-state index in [0.29, 0.717) is 17.3 Å². The van der Waals surface area contributed by atoms with E-state index in [9.17, 15) is 14.9 Å². The van der Waals surface area contributed by atoms with Gasteiger partial charge in [-0.1, -0.05) is 12.8 Å². The summed E-state index contributed by atoms with van der Waals surface area (Å²) in [4.78, 5) is 24.2. The number of hydrogen-bond acceptors (Lipinski definition) is 5. The summed E-state index contributed by atoms with van der Waals surface area (Å²) in [5.74, 6) is -0.485. The van der Waals surface area contributed by atoms with Crippen molar-refractivity contribution < 1.29 is 14.5 Å². The minimum Gasteiger partial charge on any atom is -0.465 e. The molecule has 0 radical (unpaired) electrons. The van der Waals surface area contributed by atoms with Crippen molar-refractivity contribution in [2.45, 2.75) is 31.7 Å². The van der Waals surface area contributed by atoms with Crippen LogP contribution in [0, 0.1) is 10.1 Å². The fourth-order valence-electron chi connectivity index (χ4n) is 2.69. The second kappa shape index (κ2) is 5.90. The molecular weight excluding hydrogens is 260 g/mol. The molecule has 0 N–H and O–H groups in total. The first-order chi connectivity index (χ1) is 9.54. The van der Waals surface area contributed by atoms with E-state index in [1.807, 2.05) is 11.9 Å². The highest BCUT2D eigenvalue weighted by molar-refractivity contribution is 5.91. The van der Waals surface area contributed by atoms with Gasteiger partial charge in [-0.3, -0.25) is 10.1 Å². The van der Waals surface area contributed by atoms with Crippen LogP contribution in [-0.4, -0.2) is 31.1 Å². The van der Waals surface area contributed by atoms with Crippen molar-refractivity contribution in [2.75, 3.05) is 19.1 Å². The van der Waals surface area contributed by atoms with Crippen molar-refractivity contribution in [3.05, 3.63) is 33.9 Å². The number of nitro benzene ring substituents is 1. The lowest BCUT2D eigenvalue weighted by Gasteiger charge is -2.26. The lowest BCUT2D eigenvalue weighted by atomic mass is 10.1. The molecule has 0 aromatic heterocycles. The molecule has 1 aromatic carbocycles. The molecular formula is C14H18N2O4. The van der Waals surface area contributed by atoms with Gasteiger partial charge >= 0.3 is 5.97 Å². The Kier molecular flexibility index (Phi) is 4.22. The van der Waals surface area contributed by atoms with Crippen LogP contribution in [0.15, 0.2) is 18.2 Å².